The molecule has 0 atom stereocenters. The number of ketones is 1. The van der Waals surface area contributed by atoms with Gasteiger partial charge in [0.25, 0.3) is 0 Å². The number of aromatic amines is 1. The summed E-state index contributed by atoms with van der Waals surface area (Å²) in [5.41, 5.74) is 4.92. The van der Waals surface area contributed by atoms with Crippen molar-refractivity contribution < 1.29 is 4.79 Å². The van der Waals surface area contributed by atoms with E-state index in [2.05, 4.69) is 39.1 Å². The standard InChI is InChI=1S/C26H30N4O/c31-25(22-10-5-11-24-23(22)16-27-29-24)14-13-21-18-30-17-20(12-15-26(30)28-21)9-4-8-19-6-2-1-3-7-19/h5,10-12,15-19H,1-4,6-9,13-14H2,(H,27,29). The molecule has 0 saturated heterocycles. The maximum absolute atomic E-state index is 12.8. The molecule has 0 radical (unpaired) electrons. The number of H-pyrrole nitrogens is 1. The lowest BCUT2D eigenvalue weighted by Gasteiger charge is -2.21. The normalized spacial score (nSPS) is 15.1. The monoisotopic (exact) mass is 414 g/mol. The smallest absolute Gasteiger partial charge is 0.164 e. The molecule has 0 spiro atoms. The zero-order valence-corrected chi connectivity index (χ0v) is 18.0. The molecular formula is C26H30N4O. The number of rotatable bonds is 8. The van der Waals surface area contributed by atoms with E-state index >= 15 is 0 Å². The summed E-state index contributed by atoms with van der Waals surface area (Å²) in [7, 11) is 0. The number of aromatic nitrogens is 4. The Bertz CT molecular complexity index is 1180. The van der Waals surface area contributed by atoms with Gasteiger partial charge in [-0.05, 0) is 42.9 Å². The lowest BCUT2D eigenvalue weighted by atomic mass is 9.85. The second-order valence-electron chi connectivity index (χ2n) is 8.99. The van der Waals surface area contributed by atoms with Crippen LogP contribution >= 0.6 is 0 Å². The molecule has 1 aliphatic carbocycles. The molecule has 31 heavy (non-hydrogen) atoms. The molecule has 1 fully saturated rings. The van der Waals surface area contributed by atoms with Crippen LogP contribution in [0.3, 0.4) is 0 Å². The minimum Gasteiger partial charge on any atom is -0.307 e. The molecular weight excluding hydrogens is 384 g/mol. The van der Waals surface area contributed by atoms with Crippen molar-refractivity contribution in [2.75, 3.05) is 0 Å². The van der Waals surface area contributed by atoms with Crippen LogP contribution in [0.5, 0.6) is 0 Å². The van der Waals surface area contributed by atoms with Crippen molar-refractivity contribution in [3.05, 3.63) is 65.7 Å². The number of nitrogens with one attached hydrogen (secondary N) is 1. The molecule has 0 bridgehead atoms. The summed E-state index contributed by atoms with van der Waals surface area (Å²) in [6.45, 7) is 0. The Labute approximate surface area is 182 Å². The molecule has 0 amide bonds. The van der Waals surface area contributed by atoms with E-state index in [1.807, 2.05) is 18.2 Å². The second kappa shape index (κ2) is 9.04. The minimum atomic E-state index is 0.132. The van der Waals surface area contributed by atoms with E-state index in [-0.39, 0.29) is 5.78 Å². The third kappa shape index (κ3) is 4.55. The van der Waals surface area contributed by atoms with Gasteiger partial charge < -0.3 is 4.40 Å². The molecule has 0 unspecified atom stereocenters. The van der Waals surface area contributed by atoms with Crippen molar-refractivity contribution >= 4 is 22.3 Å². The summed E-state index contributed by atoms with van der Waals surface area (Å²) in [5, 5.41) is 7.87. The third-order valence-corrected chi connectivity index (χ3v) is 6.76. The fourth-order valence-electron chi connectivity index (χ4n) is 5.02. The Balaban J connectivity index is 1.19. The summed E-state index contributed by atoms with van der Waals surface area (Å²) in [5.74, 6) is 1.08. The first kappa shape index (κ1) is 20.0. The molecule has 1 N–H and O–H groups in total. The van der Waals surface area contributed by atoms with E-state index < -0.39 is 0 Å². The quantitative estimate of drug-likeness (QED) is 0.364. The first-order valence-corrected chi connectivity index (χ1v) is 11.7. The molecule has 1 aromatic carbocycles. The molecule has 5 nitrogen and oxygen atoms in total. The topological polar surface area (TPSA) is 63.1 Å². The summed E-state index contributed by atoms with van der Waals surface area (Å²) >= 11 is 0. The van der Waals surface area contributed by atoms with Crippen molar-refractivity contribution in [1.82, 2.24) is 19.6 Å². The Morgan fingerprint density at radius 3 is 2.87 bits per heavy atom. The molecule has 5 heteroatoms. The van der Waals surface area contributed by atoms with E-state index in [4.69, 9.17) is 4.98 Å². The molecule has 3 aromatic heterocycles. The number of imidazole rings is 1. The average Bonchev–Trinajstić information content (AvgIpc) is 3.44. The van der Waals surface area contributed by atoms with Crippen molar-refractivity contribution in [1.29, 1.82) is 0 Å². The van der Waals surface area contributed by atoms with Gasteiger partial charge in [0.15, 0.2) is 5.78 Å². The maximum Gasteiger partial charge on any atom is 0.164 e. The number of benzene rings is 1. The van der Waals surface area contributed by atoms with Gasteiger partial charge in [0.05, 0.1) is 17.4 Å². The highest BCUT2D eigenvalue weighted by molar-refractivity contribution is 6.07. The molecule has 1 aliphatic rings. The minimum absolute atomic E-state index is 0.132. The zero-order valence-electron chi connectivity index (χ0n) is 18.0. The lowest BCUT2D eigenvalue weighted by molar-refractivity contribution is 0.0984. The van der Waals surface area contributed by atoms with Gasteiger partial charge >= 0.3 is 0 Å². The number of aryl methyl sites for hydroxylation is 2. The number of fused-ring (bicyclic) bond motifs is 2. The largest absolute Gasteiger partial charge is 0.307 e. The maximum atomic E-state index is 12.8. The van der Waals surface area contributed by atoms with Gasteiger partial charge in [-0.2, -0.15) is 5.10 Å². The van der Waals surface area contributed by atoms with Gasteiger partial charge in [-0.25, -0.2) is 4.98 Å². The van der Waals surface area contributed by atoms with Crippen LogP contribution in [0.1, 0.15) is 73.0 Å². The van der Waals surface area contributed by atoms with Crippen molar-refractivity contribution in [2.45, 2.75) is 64.2 Å². The number of hydrogen-bond acceptors (Lipinski definition) is 3. The second-order valence-corrected chi connectivity index (χ2v) is 8.99. The first-order chi connectivity index (χ1) is 15.3. The van der Waals surface area contributed by atoms with Crippen LogP contribution in [-0.4, -0.2) is 25.4 Å². The van der Waals surface area contributed by atoms with E-state index in [0.717, 1.165) is 40.1 Å². The van der Waals surface area contributed by atoms with E-state index in [1.54, 1.807) is 6.20 Å². The Morgan fingerprint density at radius 1 is 1.06 bits per heavy atom. The van der Waals surface area contributed by atoms with Crippen LogP contribution in [0.15, 0.2) is 48.9 Å². The van der Waals surface area contributed by atoms with Crippen LogP contribution in [0, 0.1) is 5.92 Å². The lowest BCUT2D eigenvalue weighted by Crippen LogP contribution is -2.06. The summed E-state index contributed by atoms with van der Waals surface area (Å²) in [6, 6.07) is 10.0. The Kier molecular flexibility index (Phi) is 5.83. The fraction of sp³-hybridized carbons (Fsp3) is 0.423. The molecule has 5 rings (SSSR count). The molecule has 0 aliphatic heterocycles. The van der Waals surface area contributed by atoms with Gasteiger partial charge in [-0.3, -0.25) is 9.89 Å². The predicted molar refractivity (Wildman–Crippen MR) is 123 cm³/mol. The van der Waals surface area contributed by atoms with Crippen molar-refractivity contribution in [2.24, 2.45) is 5.92 Å². The average molecular weight is 415 g/mol. The van der Waals surface area contributed by atoms with E-state index in [1.165, 1.54) is 50.5 Å². The number of carbonyl (C=O) groups excluding carboxylic acids is 1. The summed E-state index contributed by atoms with van der Waals surface area (Å²) < 4.78 is 2.12. The number of Topliss-reactive ketones (excluding diaryl/α,β-unsaturated/α-hetero) is 1. The highest BCUT2D eigenvalue weighted by Gasteiger charge is 2.14. The van der Waals surface area contributed by atoms with Gasteiger partial charge in [-0.1, -0.05) is 56.7 Å². The van der Waals surface area contributed by atoms with Gasteiger partial charge in [0, 0.05) is 29.8 Å². The highest BCUT2D eigenvalue weighted by atomic mass is 16.1. The summed E-state index contributed by atoms with van der Waals surface area (Å²) in [4.78, 5) is 17.5. The van der Waals surface area contributed by atoms with Crippen LogP contribution in [0.2, 0.25) is 0 Å². The third-order valence-electron chi connectivity index (χ3n) is 6.76. The van der Waals surface area contributed by atoms with Crippen LogP contribution in [0.4, 0.5) is 0 Å². The first-order valence-electron chi connectivity index (χ1n) is 11.7. The Hall–Kier alpha value is -2.95. The molecule has 160 valence electrons. The predicted octanol–water partition coefficient (Wildman–Crippen LogP) is 5.93. The van der Waals surface area contributed by atoms with E-state index in [0.29, 0.717) is 12.8 Å². The molecule has 3 heterocycles. The van der Waals surface area contributed by atoms with Gasteiger partial charge in [-0.15, -0.1) is 0 Å². The number of nitrogens with zero attached hydrogens (tertiary/aromatic N) is 3. The summed E-state index contributed by atoms with van der Waals surface area (Å²) in [6.07, 6.45) is 18.0. The SMILES string of the molecule is O=C(CCc1cn2cc(CCCC3CCCCC3)ccc2n1)c1cccc2[nH]ncc12. The zero-order chi connectivity index (χ0) is 21.0. The Morgan fingerprint density at radius 2 is 1.97 bits per heavy atom. The number of carbonyl (C=O) groups is 1. The number of hydrogen-bond donors (Lipinski definition) is 1. The van der Waals surface area contributed by atoms with Crippen LogP contribution < -0.4 is 0 Å². The highest BCUT2D eigenvalue weighted by Crippen LogP contribution is 2.28. The fourth-order valence-corrected chi connectivity index (χ4v) is 5.02. The van der Waals surface area contributed by atoms with Gasteiger partial charge in [0.2, 0.25) is 0 Å². The van der Waals surface area contributed by atoms with Gasteiger partial charge in [0.1, 0.15) is 5.65 Å². The van der Waals surface area contributed by atoms with Crippen LogP contribution in [-0.2, 0) is 12.8 Å². The number of pyridine rings is 1. The van der Waals surface area contributed by atoms with Crippen LogP contribution in [0.25, 0.3) is 16.6 Å². The molecule has 4 aromatic rings. The molecule has 1 saturated carbocycles. The van der Waals surface area contributed by atoms with Crippen molar-refractivity contribution in [3.8, 4) is 0 Å². The van der Waals surface area contributed by atoms with Crippen molar-refractivity contribution in [3.63, 3.8) is 0 Å². The van der Waals surface area contributed by atoms with E-state index in [9.17, 15) is 4.79 Å².